The molecule has 2 saturated heterocycles. The predicted molar refractivity (Wildman–Crippen MR) is 157 cm³/mol. The Kier molecular flexibility index (Phi) is 7.07. The van der Waals surface area contributed by atoms with Gasteiger partial charge in [0.15, 0.2) is 11.0 Å². The summed E-state index contributed by atoms with van der Waals surface area (Å²) in [5, 5.41) is 9.59. The lowest BCUT2D eigenvalue weighted by atomic mass is 9.65. The third-order valence-electron chi connectivity index (χ3n) is 8.50. The van der Waals surface area contributed by atoms with Crippen LogP contribution in [0, 0.1) is 10.8 Å². The van der Waals surface area contributed by atoms with Crippen LogP contribution in [0.3, 0.4) is 0 Å². The first-order valence-electron chi connectivity index (χ1n) is 14.1. The minimum atomic E-state index is -3.57. The Bertz CT molecular complexity index is 1520. The molecule has 2 atom stereocenters. The minimum absolute atomic E-state index is 0.138. The van der Waals surface area contributed by atoms with Gasteiger partial charge in [-0.1, -0.05) is 62.9 Å². The number of amides is 1. The number of sulfonamides is 1. The van der Waals surface area contributed by atoms with Crippen LogP contribution in [0.4, 0.5) is 0 Å². The fraction of sp³-hybridized carbons (Fsp3) is 0.500. The molecular weight excluding hydrogens is 542 g/mol. The van der Waals surface area contributed by atoms with E-state index in [1.807, 2.05) is 41.0 Å². The Morgan fingerprint density at radius 2 is 1.75 bits per heavy atom. The number of para-hydroxylation sites is 1. The van der Waals surface area contributed by atoms with E-state index in [1.165, 1.54) is 11.8 Å². The van der Waals surface area contributed by atoms with Crippen LogP contribution < -0.4 is 0 Å². The highest BCUT2D eigenvalue weighted by atomic mass is 32.2. The van der Waals surface area contributed by atoms with Crippen LogP contribution in [0.5, 0.6) is 0 Å². The number of thioether (sulfide) groups is 1. The Labute approximate surface area is 241 Å². The summed E-state index contributed by atoms with van der Waals surface area (Å²) in [6.45, 7) is 8.87. The first kappa shape index (κ1) is 27.5. The second kappa shape index (κ2) is 10.3. The molecule has 40 heavy (non-hydrogen) atoms. The molecule has 3 aliphatic rings. The third kappa shape index (κ3) is 5.21. The fourth-order valence-electron chi connectivity index (χ4n) is 7.19. The Balaban J connectivity index is 1.28. The van der Waals surface area contributed by atoms with E-state index in [-0.39, 0.29) is 27.4 Å². The minimum Gasteiger partial charge on any atom is -0.338 e. The van der Waals surface area contributed by atoms with E-state index < -0.39 is 10.0 Å². The molecule has 1 aromatic heterocycles. The van der Waals surface area contributed by atoms with Gasteiger partial charge >= 0.3 is 0 Å². The molecule has 3 heterocycles. The van der Waals surface area contributed by atoms with Gasteiger partial charge in [0.25, 0.3) is 0 Å². The summed E-state index contributed by atoms with van der Waals surface area (Å²) < 4.78 is 30.0. The molecule has 2 bridgehead atoms. The molecule has 0 spiro atoms. The highest BCUT2D eigenvalue weighted by Crippen LogP contribution is 2.52. The van der Waals surface area contributed by atoms with Crippen LogP contribution >= 0.6 is 11.8 Å². The van der Waals surface area contributed by atoms with E-state index in [4.69, 9.17) is 0 Å². The summed E-state index contributed by atoms with van der Waals surface area (Å²) in [5.74, 6) is 0.964. The summed E-state index contributed by atoms with van der Waals surface area (Å²) in [6.07, 6.45) is 5.03. The van der Waals surface area contributed by atoms with Crippen LogP contribution in [0.1, 0.15) is 52.9 Å². The molecule has 212 valence electrons. The van der Waals surface area contributed by atoms with Crippen LogP contribution in [0.15, 0.2) is 64.6 Å². The van der Waals surface area contributed by atoms with Gasteiger partial charge in [0.1, 0.15) is 0 Å². The van der Waals surface area contributed by atoms with Crippen LogP contribution in [0.25, 0.3) is 17.1 Å². The van der Waals surface area contributed by atoms with E-state index in [0.717, 1.165) is 44.3 Å². The zero-order valence-electron chi connectivity index (χ0n) is 23.4. The van der Waals surface area contributed by atoms with Crippen LogP contribution in [0.2, 0.25) is 0 Å². The molecule has 6 rings (SSSR count). The van der Waals surface area contributed by atoms with Crippen molar-refractivity contribution in [2.45, 2.75) is 69.0 Å². The van der Waals surface area contributed by atoms with E-state index in [9.17, 15) is 13.2 Å². The molecule has 3 fully saturated rings. The maximum atomic E-state index is 13.5. The summed E-state index contributed by atoms with van der Waals surface area (Å²) in [4.78, 5) is 15.9. The lowest BCUT2D eigenvalue weighted by molar-refractivity contribution is -0.129. The summed E-state index contributed by atoms with van der Waals surface area (Å²) >= 11 is 1.39. The van der Waals surface area contributed by atoms with Gasteiger partial charge in [-0.3, -0.25) is 9.36 Å². The number of carbonyl (C=O) groups is 1. The standard InChI is InChI=1S/C30H37N5O3S2/c1-29(2)17-24-18-30(3,20-29)21-34(24)26(36)19-39-28-32-31-27(35(28)23-11-5-4-6-12-23)22-10-9-13-25(16-22)40(37,38)33-14-7-8-15-33/h4-6,9-13,16,24H,7-8,14-15,17-21H2,1-3H3. The number of rotatable bonds is 7. The number of benzene rings is 2. The quantitative estimate of drug-likeness (QED) is 0.356. The van der Waals surface area contributed by atoms with Crippen molar-refractivity contribution in [1.82, 2.24) is 24.0 Å². The molecule has 3 aromatic rings. The molecule has 2 unspecified atom stereocenters. The average Bonchev–Trinajstić information content (AvgIpc) is 3.65. The normalized spacial score (nSPS) is 24.5. The summed E-state index contributed by atoms with van der Waals surface area (Å²) in [6, 6.07) is 17.0. The Morgan fingerprint density at radius 1 is 1.00 bits per heavy atom. The molecule has 2 aromatic carbocycles. The average molecular weight is 580 g/mol. The first-order chi connectivity index (χ1) is 19.0. The second-order valence-electron chi connectivity index (χ2n) is 12.6. The largest absolute Gasteiger partial charge is 0.338 e. The van der Waals surface area contributed by atoms with Gasteiger partial charge in [-0.2, -0.15) is 4.31 Å². The van der Waals surface area contributed by atoms with Gasteiger partial charge in [-0.05, 0) is 67.2 Å². The monoisotopic (exact) mass is 579 g/mol. The topological polar surface area (TPSA) is 88.4 Å². The second-order valence-corrected chi connectivity index (χ2v) is 15.5. The molecular formula is C30H37N5O3S2. The molecule has 2 aliphatic heterocycles. The summed E-state index contributed by atoms with van der Waals surface area (Å²) in [5.41, 5.74) is 1.96. The molecule has 1 amide bonds. The van der Waals surface area contributed by atoms with Gasteiger partial charge in [-0.25, -0.2) is 8.42 Å². The lowest BCUT2D eigenvalue weighted by Crippen LogP contribution is -2.38. The Morgan fingerprint density at radius 3 is 2.50 bits per heavy atom. The number of nitrogens with zero attached hydrogens (tertiary/aromatic N) is 5. The van der Waals surface area contributed by atoms with E-state index in [1.54, 1.807) is 22.5 Å². The number of hydrogen-bond donors (Lipinski definition) is 0. The van der Waals surface area contributed by atoms with Crippen molar-refractivity contribution < 1.29 is 13.2 Å². The highest BCUT2D eigenvalue weighted by Gasteiger charge is 2.50. The lowest BCUT2D eigenvalue weighted by Gasteiger charge is -2.39. The number of aromatic nitrogens is 3. The molecule has 1 saturated carbocycles. The zero-order chi connectivity index (χ0) is 28.1. The van der Waals surface area contributed by atoms with Crippen LogP contribution in [-0.4, -0.2) is 69.7 Å². The van der Waals surface area contributed by atoms with Crippen molar-refractivity contribution in [3.63, 3.8) is 0 Å². The summed E-state index contributed by atoms with van der Waals surface area (Å²) in [7, 11) is -3.57. The molecule has 1 aliphatic carbocycles. The maximum absolute atomic E-state index is 13.5. The zero-order valence-corrected chi connectivity index (χ0v) is 25.0. The predicted octanol–water partition coefficient (Wildman–Crippen LogP) is 5.24. The SMILES string of the molecule is CC1(C)CC2CC(C)(CN2C(=O)CSc2nnc(-c3cccc(S(=O)(=O)N4CCCC4)c3)n2-c2ccccc2)C1. The number of hydrogen-bond acceptors (Lipinski definition) is 6. The third-order valence-corrected chi connectivity index (χ3v) is 11.3. The van der Waals surface area contributed by atoms with Crippen LogP contribution in [-0.2, 0) is 14.8 Å². The van der Waals surface area contributed by atoms with E-state index >= 15 is 0 Å². The fourth-order valence-corrected chi connectivity index (χ4v) is 9.60. The maximum Gasteiger partial charge on any atom is 0.243 e. The van der Waals surface area contributed by atoms with Gasteiger partial charge < -0.3 is 4.90 Å². The Hall–Kier alpha value is -2.69. The molecule has 0 radical (unpaired) electrons. The van der Waals surface area contributed by atoms with Crippen molar-refractivity contribution in [3.05, 3.63) is 54.6 Å². The van der Waals surface area contributed by atoms with E-state index in [2.05, 4.69) is 35.9 Å². The molecule has 10 heteroatoms. The van der Waals surface area contributed by atoms with Crippen molar-refractivity contribution in [3.8, 4) is 17.1 Å². The molecule has 0 N–H and O–H groups in total. The van der Waals surface area contributed by atoms with Crippen molar-refractivity contribution >= 4 is 27.7 Å². The van der Waals surface area contributed by atoms with Gasteiger partial charge in [0.2, 0.25) is 15.9 Å². The first-order valence-corrected chi connectivity index (χ1v) is 16.5. The van der Waals surface area contributed by atoms with Gasteiger partial charge in [-0.15, -0.1) is 10.2 Å². The number of carbonyl (C=O) groups excluding carboxylic acids is 1. The van der Waals surface area contributed by atoms with Gasteiger partial charge in [0.05, 0.1) is 10.6 Å². The smallest absolute Gasteiger partial charge is 0.243 e. The highest BCUT2D eigenvalue weighted by molar-refractivity contribution is 7.99. The van der Waals surface area contributed by atoms with Crippen molar-refractivity contribution in [2.24, 2.45) is 10.8 Å². The van der Waals surface area contributed by atoms with Crippen molar-refractivity contribution in [2.75, 3.05) is 25.4 Å². The van der Waals surface area contributed by atoms with Crippen molar-refractivity contribution in [1.29, 1.82) is 0 Å². The number of fused-ring (bicyclic) bond motifs is 2. The molecule has 8 nitrogen and oxygen atoms in total. The van der Waals surface area contributed by atoms with Gasteiger partial charge in [0, 0.05) is 36.9 Å². The number of likely N-dealkylation sites (tertiary alicyclic amines) is 1. The van der Waals surface area contributed by atoms with E-state index in [0.29, 0.717) is 35.7 Å².